The van der Waals surface area contributed by atoms with Crippen LogP contribution in [0, 0.1) is 0 Å². The molecule has 6 heteroatoms. The first-order valence-corrected chi connectivity index (χ1v) is 8.18. The Bertz CT molecular complexity index is 716. The molecule has 0 saturated carbocycles. The van der Waals surface area contributed by atoms with E-state index in [9.17, 15) is 9.59 Å². The lowest BCUT2D eigenvalue weighted by molar-refractivity contribution is -0.137. The van der Waals surface area contributed by atoms with Gasteiger partial charge in [0.05, 0.1) is 12.8 Å². The van der Waals surface area contributed by atoms with Gasteiger partial charge in [-0.2, -0.15) is 0 Å². The lowest BCUT2D eigenvalue weighted by atomic mass is 10.0. The topological polar surface area (TPSA) is 66.4 Å². The predicted molar refractivity (Wildman–Crippen MR) is 94.5 cm³/mol. The maximum absolute atomic E-state index is 12.2. The SMILES string of the molecule is O=C(O)C[C@H](Cc1ccc(Cl)cc1)NC(=O)Cc1ccccc1Cl. The Labute approximate surface area is 150 Å². The molecule has 0 bridgehead atoms. The Hall–Kier alpha value is -2.04. The first-order chi connectivity index (χ1) is 11.4. The summed E-state index contributed by atoms with van der Waals surface area (Å²) in [5, 5.41) is 13.0. The van der Waals surface area contributed by atoms with Crippen LogP contribution in [0.5, 0.6) is 0 Å². The monoisotopic (exact) mass is 365 g/mol. The molecule has 0 aromatic heterocycles. The van der Waals surface area contributed by atoms with E-state index in [1.165, 1.54) is 0 Å². The molecule has 24 heavy (non-hydrogen) atoms. The van der Waals surface area contributed by atoms with Crippen LogP contribution in [0.2, 0.25) is 10.0 Å². The summed E-state index contributed by atoms with van der Waals surface area (Å²) in [6.45, 7) is 0. The highest BCUT2D eigenvalue weighted by Crippen LogP contribution is 2.16. The van der Waals surface area contributed by atoms with Crippen molar-refractivity contribution >= 4 is 35.1 Å². The number of amides is 1. The van der Waals surface area contributed by atoms with Gasteiger partial charge in [-0.05, 0) is 35.7 Å². The smallest absolute Gasteiger partial charge is 0.305 e. The van der Waals surface area contributed by atoms with Crippen molar-refractivity contribution in [3.63, 3.8) is 0 Å². The van der Waals surface area contributed by atoms with Gasteiger partial charge in [0, 0.05) is 16.1 Å². The first kappa shape index (κ1) is 18.3. The fraction of sp³-hybridized carbons (Fsp3) is 0.222. The van der Waals surface area contributed by atoms with Crippen LogP contribution in [-0.2, 0) is 22.4 Å². The Kier molecular flexibility index (Phi) is 6.64. The molecule has 126 valence electrons. The summed E-state index contributed by atoms with van der Waals surface area (Å²) in [4.78, 5) is 23.3. The van der Waals surface area contributed by atoms with Gasteiger partial charge in [-0.15, -0.1) is 0 Å². The zero-order chi connectivity index (χ0) is 17.5. The third-order valence-electron chi connectivity index (χ3n) is 3.49. The van der Waals surface area contributed by atoms with Gasteiger partial charge in [0.15, 0.2) is 0 Å². The largest absolute Gasteiger partial charge is 0.481 e. The van der Waals surface area contributed by atoms with Gasteiger partial charge in [-0.1, -0.05) is 53.5 Å². The number of aliphatic carboxylic acids is 1. The fourth-order valence-corrected chi connectivity index (χ4v) is 2.71. The molecule has 2 N–H and O–H groups in total. The van der Waals surface area contributed by atoms with Crippen molar-refractivity contribution in [1.82, 2.24) is 5.32 Å². The fourth-order valence-electron chi connectivity index (χ4n) is 2.38. The molecule has 0 spiro atoms. The van der Waals surface area contributed by atoms with Crippen LogP contribution < -0.4 is 5.32 Å². The van der Waals surface area contributed by atoms with Crippen LogP contribution in [0.25, 0.3) is 0 Å². The van der Waals surface area contributed by atoms with Gasteiger partial charge >= 0.3 is 5.97 Å². The van der Waals surface area contributed by atoms with Crippen molar-refractivity contribution in [3.05, 3.63) is 69.7 Å². The maximum Gasteiger partial charge on any atom is 0.305 e. The summed E-state index contributed by atoms with van der Waals surface area (Å²) in [5.41, 5.74) is 1.61. The number of carboxylic acid groups (broad SMARTS) is 1. The number of carboxylic acids is 1. The van der Waals surface area contributed by atoms with Gasteiger partial charge < -0.3 is 10.4 Å². The highest BCUT2D eigenvalue weighted by atomic mass is 35.5. The number of benzene rings is 2. The molecule has 0 heterocycles. The third kappa shape index (κ3) is 5.87. The standard InChI is InChI=1S/C18H17Cl2NO3/c19-14-7-5-12(6-8-14)9-15(11-18(23)24)21-17(22)10-13-3-1-2-4-16(13)20/h1-8,15H,9-11H2,(H,21,22)(H,23,24)/t15-/m0/s1. The Morgan fingerprint density at radius 3 is 2.33 bits per heavy atom. The number of rotatable bonds is 7. The second kappa shape index (κ2) is 8.71. The van der Waals surface area contributed by atoms with E-state index < -0.39 is 12.0 Å². The lowest BCUT2D eigenvalue weighted by Gasteiger charge is -2.17. The van der Waals surface area contributed by atoms with Crippen LogP contribution in [0.1, 0.15) is 17.5 Å². The van der Waals surface area contributed by atoms with E-state index in [1.807, 2.05) is 12.1 Å². The number of nitrogens with one attached hydrogen (secondary N) is 1. The second-order valence-electron chi connectivity index (χ2n) is 5.46. The van der Waals surface area contributed by atoms with Crippen molar-refractivity contribution in [1.29, 1.82) is 0 Å². The molecule has 1 atom stereocenters. The van der Waals surface area contributed by atoms with Crippen molar-refractivity contribution in [2.75, 3.05) is 0 Å². The molecule has 0 radical (unpaired) electrons. The maximum atomic E-state index is 12.2. The van der Waals surface area contributed by atoms with Gasteiger partial charge in [-0.25, -0.2) is 0 Å². The number of carbonyl (C=O) groups excluding carboxylic acids is 1. The Balaban J connectivity index is 2.02. The predicted octanol–water partition coefficient (Wildman–Crippen LogP) is 3.74. The molecular weight excluding hydrogens is 349 g/mol. The summed E-state index contributed by atoms with van der Waals surface area (Å²) in [6, 6.07) is 13.7. The molecule has 0 unspecified atom stereocenters. The van der Waals surface area contributed by atoms with E-state index in [1.54, 1.807) is 36.4 Å². The van der Waals surface area contributed by atoms with Crippen LogP contribution in [0.4, 0.5) is 0 Å². The molecule has 2 rings (SSSR count). The van der Waals surface area contributed by atoms with E-state index in [-0.39, 0.29) is 18.7 Å². The van der Waals surface area contributed by atoms with Gasteiger partial charge in [0.1, 0.15) is 0 Å². The summed E-state index contributed by atoms with van der Waals surface area (Å²) >= 11 is 11.9. The minimum atomic E-state index is -0.966. The average Bonchev–Trinajstić information content (AvgIpc) is 2.51. The molecule has 0 saturated heterocycles. The third-order valence-corrected chi connectivity index (χ3v) is 4.11. The quantitative estimate of drug-likeness (QED) is 0.785. The minimum absolute atomic E-state index is 0.108. The van der Waals surface area contributed by atoms with Crippen LogP contribution in [-0.4, -0.2) is 23.0 Å². The highest BCUT2D eigenvalue weighted by molar-refractivity contribution is 6.31. The summed E-state index contributed by atoms with van der Waals surface area (Å²) in [6.07, 6.45) is 0.366. The van der Waals surface area contributed by atoms with Gasteiger partial charge in [-0.3, -0.25) is 9.59 Å². The second-order valence-corrected chi connectivity index (χ2v) is 6.30. The molecule has 0 aliphatic heterocycles. The number of hydrogen-bond donors (Lipinski definition) is 2. The summed E-state index contributed by atoms with van der Waals surface area (Å²) in [5.74, 6) is -1.23. The molecule has 1 amide bonds. The van der Waals surface area contributed by atoms with Crippen molar-refractivity contribution < 1.29 is 14.7 Å². The number of carbonyl (C=O) groups is 2. The molecule has 0 aliphatic rings. The van der Waals surface area contributed by atoms with Crippen molar-refractivity contribution in [2.24, 2.45) is 0 Å². The Morgan fingerprint density at radius 1 is 1.04 bits per heavy atom. The lowest BCUT2D eigenvalue weighted by Crippen LogP contribution is -2.39. The van der Waals surface area contributed by atoms with Crippen LogP contribution in [0.3, 0.4) is 0 Å². The summed E-state index contributed by atoms with van der Waals surface area (Å²) < 4.78 is 0. The molecule has 0 aliphatic carbocycles. The molecule has 2 aromatic rings. The highest BCUT2D eigenvalue weighted by Gasteiger charge is 2.17. The zero-order valence-corrected chi connectivity index (χ0v) is 14.3. The normalized spacial score (nSPS) is 11.8. The molecular formula is C18H17Cl2NO3. The Morgan fingerprint density at radius 2 is 1.71 bits per heavy atom. The minimum Gasteiger partial charge on any atom is -0.481 e. The van der Waals surface area contributed by atoms with E-state index in [4.69, 9.17) is 28.3 Å². The van der Waals surface area contributed by atoms with Crippen LogP contribution in [0.15, 0.2) is 48.5 Å². The molecule has 2 aromatic carbocycles. The van der Waals surface area contributed by atoms with Crippen molar-refractivity contribution in [2.45, 2.75) is 25.3 Å². The summed E-state index contributed by atoms with van der Waals surface area (Å²) in [7, 11) is 0. The number of hydrogen-bond acceptors (Lipinski definition) is 2. The van der Waals surface area contributed by atoms with Crippen molar-refractivity contribution in [3.8, 4) is 0 Å². The zero-order valence-electron chi connectivity index (χ0n) is 12.8. The molecule has 0 fully saturated rings. The van der Waals surface area contributed by atoms with Gasteiger partial charge in [0.25, 0.3) is 0 Å². The van der Waals surface area contributed by atoms with E-state index in [0.717, 1.165) is 5.56 Å². The van der Waals surface area contributed by atoms with E-state index in [0.29, 0.717) is 22.0 Å². The molecule has 4 nitrogen and oxygen atoms in total. The number of halogens is 2. The van der Waals surface area contributed by atoms with Gasteiger partial charge in [0.2, 0.25) is 5.91 Å². The van der Waals surface area contributed by atoms with Crippen LogP contribution >= 0.6 is 23.2 Å². The first-order valence-electron chi connectivity index (χ1n) is 7.43. The van der Waals surface area contributed by atoms with E-state index in [2.05, 4.69) is 5.32 Å². The average molecular weight is 366 g/mol. The van der Waals surface area contributed by atoms with E-state index >= 15 is 0 Å².